The first-order valence-corrected chi connectivity index (χ1v) is 5.53. The molecule has 15 heavy (non-hydrogen) atoms. The SMILES string of the molecule is NC(=O)CN(CCCF)C1CCNCC1. The first-order chi connectivity index (χ1) is 7.24. The van der Waals surface area contributed by atoms with E-state index in [0.29, 0.717) is 19.0 Å². The van der Waals surface area contributed by atoms with Gasteiger partial charge in [-0.3, -0.25) is 14.1 Å². The van der Waals surface area contributed by atoms with Crippen LogP contribution in [0, 0.1) is 0 Å². The van der Waals surface area contributed by atoms with Gasteiger partial charge < -0.3 is 11.1 Å². The normalized spacial score (nSPS) is 18.3. The minimum absolute atomic E-state index is 0.255. The average molecular weight is 217 g/mol. The number of piperidine rings is 1. The summed E-state index contributed by atoms with van der Waals surface area (Å²) in [7, 11) is 0. The summed E-state index contributed by atoms with van der Waals surface area (Å²) in [5, 5.41) is 3.26. The molecule has 0 aromatic heterocycles. The van der Waals surface area contributed by atoms with Gasteiger partial charge in [0.25, 0.3) is 0 Å². The molecule has 1 fully saturated rings. The fourth-order valence-electron chi connectivity index (χ4n) is 2.03. The number of nitrogens with zero attached hydrogens (tertiary/aromatic N) is 1. The fourth-order valence-corrected chi connectivity index (χ4v) is 2.03. The number of amides is 1. The van der Waals surface area contributed by atoms with Gasteiger partial charge in [0.15, 0.2) is 0 Å². The predicted molar refractivity (Wildman–Crippen MR) is 57.3 cm³/mol. The summed E-state index contributed by atoms with van der Waals surface area (Å²) >= 11 is 0. The lowest BCUT2D eigenvalue weighted by atomic mass is 10.0. The van der Waals surface area contributed by atoms with E-state index in [4.69, 9.17) is 5.73 Å². The Labute approximate surface area is 90.0 Å². The van der Waals surface area contributed by atoms with Crippen molar-refractivity contribution in [3.63, 3.8) is 0 Å². The number of carbonyl (C=O) groups excluding carboxylic acids is 1. The van der Waals surface area contributed by atoms with Crippen LogP contribution in [0.5, 0.6) is 0 Å². The van der Waals surface area contributed by atoms with Crippen molar-refractivity contribution in [2.45, 2.75) is 25.3 Å². The number of nitrogens with one attached hydrogen (secondary N) is 1. The van der Waals surface area contributed by atoms with E-state index in [-0.39, 0.29) is 19.1 Å². The van der Waals surface area contributed by atoms with Crippen LogP contribution in [0.1, 0.15) is 19.3 Å². The summed E-state index contributed by atoms with van der Waals surface area (Å²) in [5.74, 6) is -0.326. The van der Waals surface area contributed by atoms with E-state index in [1.807, 2.05) is 4.90 Å². The first-order valence-electron chi connectivity index (χ1n) is 5.53. The molecule has 0 saturated carbocycles. The molecule has 0 atom stereocenters. The smallest absolute Gasteiger partial charge is 0.231 e. The zero-order valence-corrected chi connectivity index (χ0v) is 9.04. The van der Waals surface area contributed by atoms with Gasteiger partial charge in [0.05, 0.1) is 13.2 Å². The fraction of sp³-hybridized carbons (Fsp3) is 0.900. The van der Waals surface area contributed by atoms with Crippen LogP contribution < -0.4 is 11.1 Å². The summed E-state index contributed by atoms with van der Waals surface area (Å²) in [6, 6.07) is 0.380. The summed E-state index contributed by atoms with van der Waals surface area (Å²) in [5.41, 5.74) is 5.18. The predicted octanol–water partition coefficient (Wildman–Crippen LogP) is -0.115. The molecule has 0 aromatic rings. The molecule has 0 unspecified atom stereocenters. The molecular formula is C10H20FN3O. The minimum Gasteiger partial charge on any atom is -0.369 e. The van der Waals surface area contributed by atoms with Gasteiger partial charge >= 0.3 is 0 Å². The number of rotatable bonds is 6. The lowest BCUT2D eigenvalue weighted by molar-refractivity contribution is -0.119. The Morgan fingerprint density at radius 3 is 2.67 bits per heavy atom. The van der Waals surface area contributed by atoms with Gasteiger partial charge in [-0.1, -0.05) is 0 Å². The summed E-state index contributed by atoms with van der Waals surface area (Å²) in [6.07, 6.45) is 2.51. The number of alkyl halides is 1. The van der Waals surface area contributed by atoms with Gasteiger partial charge in [0, 0.05) is 12.6 Å². The van der Waals surface area contributed by atoms with Crippen LogP contribution in [0.15, 0.2) is 0 Å². The molecule has 1 heterocycles. The molecule has 1 amide bonds. The Kier molecular flexibility index (Phi) is 5.57. The van der Waals surface area contributed by atoms with Crippen LogP contribution in [0.25, 0.3) is 0 Å². The minimum atomic E-state index is -0.333. The molecule has 88 valence electrons. The highest BCUT2D eigenvalue weighted by Crippen LogP contribution is 2.11. The van der Waals surface area contributed by atoms with E-state index in [9.17, 15) is 9.18 Å². The molecule has 1 aliphatic rings. The maximum Gasteiger partial charge on any atom is 0.231 e. The Hall–Kier alpha value is -0.680. The van der Waals surface area contributed by atoms with Crippen molar-refractivity contribution in [1.29, 1.82) is 0 Å². The second-order valence-electron chi connectivity index (χ2n) is 3.96. The molecule has 0 aliphatic carbocycles. The van der Waals surface area contributed by atoms with Gasteiger partial charge in [-0.2, -0.15) is 0 Å². The molecule has 3 N–H and O–H groups in total. The summed E-state index contributed by atoms with van der Waals surface area (Å²) in [6.45, 7) is 2.49. The van der Waals surface area contributed by atoms with Crippen molar-refractivity contribution in [2.75, 3.05) is 32.9 Å². The van der Waals surface area contributed by atoms with Gasteiger partial charge in [-0.15, -0.1) is 0 Å². The molecule has 1 rings (SSSR count). The van der Waals surface area contributed by atoms with E-state index in [0.717, 1.165) is 25.9 Å². The first kappa shape index (κ1) is 12.4. The summed E-state index contributed by atoms with van der Waals surface area (Å²) < 4.78 is 12.1. The zero-order chi connectivity index (χ0) is 11.1. The van der Waals surface area contributed by atoms with Gasteiger partial charge in [0.1, 0.15) is 0 Å². The van der Waals surface area contributed by atoms with E-state index in [2.05, 4.69) is 5.32 Å². The third-order valence-electron chi connectivity index (χ3n) is 2.76. The molecule has 0 spiro atoms. The van der Waals surface area contributed by atoms with Crippen molar-refractivity contribution < 1.29 is 9.18 Å². The Bertz CT molecular complexity index is 195. The van der Waals surface area contributed by atoms with Crippen molar-refractivity contribution in [1.82, 2.24) is 10.2 Å². The molecule has 0 aromatic carbocycles. The quantitative estimate of drug-likeness (QED) is 0.652. The Morgan fingerprint density at radius 1 is 1.47 bits per heavy atom. The van der Waals surface area contributed by atoms with E-state index in [1.165, 1.54) is 0 Å². The Morgan fingerprint density at radius 2 is 2.13 bits per heavy atom. The monoisotopic (exact) mass is 217 g/mol. The van der Waals surface area contributed by atoms with Gasteiger partial charge in [-0.05, 0) is 32.4 Å². The largest absolute Gasteiger partial charge is 0.369 e. The van der Waals surface area contributed by atoms with Gasteiger partial charge in [0.2, 0.25) is 5.91 Å². The number of nitrogens with two attached hydrogens (primary N) is 1. The second-order valence-corrected chi connectivity index (χ2v) is 3.96. The highest BCUT2D eigenvalue weighted by atomic mass is 19.1. The van der Waals surface area contributed by atoms with Gasteiger partial charge in [-0.25, -0.2) is 0 Å². The molecule has 1 aliphatic heterocycles. The topological polar surface area (TPSA) is 58.4 Å². The Balaban J connectivity index is 2.41. The lowest BCUT2D eigenvalue weighted by Gasteiger charge is -2.33. The third-order valence-corrected chi connectivity index (χ3v) is 2.76. The van der Waals surface area contributed by atoms with E-state index in [1.54, 1.807) is 0 Å². The zero-order valence-electron chi connectivity index (χ0n) is 9.04. The van der Waals surface area contributed by atoms with Crippen molar-refractivity contribution in [3.8, 4) is 0 Å². The average Bonchev–Trinajstić information content (AvgIpc) is 2.25. The van der Waals surface area contributed by atoms with Crippen molar-refractivity contribution in [2.24, 2.45) is 5.73 Å². The number of carbonyl (C=O) groups is 1. The third kappa shape index (κ3) is 4.57. The highest BCUT2D eigenvalue weighted by Gasteiger charge is 2.21. The van der Waals surface area contributed by atoms with Crippen LogP contribution in [-0.2, 0) is 4.79 Å². The molecule has 1 saturated heterocycles. The van der Waals surface area contributed by atoms with Crippen LogP contribution in [0.3, 0.4) is 0 Å². The standard InChI is InChI=1S/C10H20FN3O/c11-4-1-7-14(8-10(12)15)9-2-5-13-6-3-9/h9,13H,1-8H2,(H2,12,15). The highest BCUT2D eigenvalue weighted by molar-refractivity contribution is 5.75. The molecule has 0 bridgehead atoms. The van der Waals surface area contributed by atoms with Crippen LogP contribution in [0.2, 0.25) is 0 Å². The maximum absolute atomic E-state index is 12.1. The number of halogens is 1. The lowest BCUT2D eigenvalue weighted by Crippen LogP contribution is -2.46. The van der Waals surface area contributed by atoms with E-state index >= 15 is 0 Å². The number of primary amides is 1. The second kappa shape index (κ2) is 6.74. The molecule has 5 heteroatoms. The summed E-state index contributed by atoms with van der Waals surface area (Å²) in [4.78, 5) is 12.9. The maximum atomic E-state index is 12.1. The molecule has 0 radical (unpaired) electrons. The number of hydrogen-bond acceptors (Lipinski definition) is 3. The van der Waals surface area contributed by atoms with Crippen molar-refractivity contribution >= 4 is 5.91 Å². The molecular weight excluding hydrogens is 197 g/mol. The van der Waals surface area contributed by atoms with E-state index < -0.39 is 0 Å². The van der Waals surface area contributed by atoms with Crippen molar-refractivity contribution in [3.05, 3.63) is 0 Å². The van der Waals surface area contributed by atoms with Crippen LogP contribution in [0.4, 0.5) is 4.39 Å². The van der Waals surface area contributed by atoms with Crippen LogP contribution in [-0.4, -0.2) is 49.7 Å². The molecule has 4 nitrogen and oxygen atoms in total. The van der Waals surface area contributed by atoms with Crippen LogP contribution >= 0.6 is 0 Å². The number of hydrogen-bond donors (Lipinski definition) is 2.